The van der Waals surface area contributed by atoms with Gasteiger partial charge in [-0.25, -0.2) is 0 Å². The lowest BCUT2D eigenvalue weighted by Gasteiger charge is -2.09. The topological polar surface area (TPSA) is 64.4 Å². The molecule has 0 amide bonds. The van der Waals surface area contributed by atoms with Crippen molar-refractivity contribution >= 4 is 5.97 Å². The van der Waals surface area contributed by atoms with Gasteiger partial charge in [-0.2, -0.15) is 0 Å². The van der Waals surface area contributed by atoms with Crippen molar-refractivity contribution in [3.63, 3.8) is 0 Å². The predicted molar refractivity (Wildman–Crippen MR) is 58.9 cm³/mol. The maximum absolute atomic E-state index is 11.1. The Kier molecular flexibility index (Phi) is 4.49. The second-order valence-corrected chi connectivity index (χ2v) is 3.86. The van der Waals surface area contributed by atoms with Crippen molar-refractivity contribution in [2.75, 3.05) is 13.7 Å². The maximum atomic E-state index is 11.1. The van der Waals surface area contributed by atoms with E-state index >= 15 is 0 Å². The predicted octanol–water partition coefficient (Wildman–Crippen LogP) is 1.19. The van der Waals surface area contributed by atoms with Crippen LogP contribution in [0.1, 0.15) is 23.9 Å². The maximum Gasteiger partial charge on any atom is 0.309 e. The van der Waals surface area contributed by atoms with E-state index in [9.17, 15) is 4.79 Å². The van der Waals surface area contributed by atoms with Crippen LogP contribution in [0.3, 0.4) is 0 Å². The standard InChI is InChI=1S/C11H18N2O3/c1-7(11(14)15-4)5-12-6-10-8(2)13-16-9(10)3/h7,12H,5-6H2,1-4H3. The Hall–Kier alpha value is -1.36. The Bertz CT molecular complexity index is 341. The van der Waals surface area contributed by atoms with Gasteiger partial charge in [0.05, 0.1) is 18.7 Å². The summed E-state index contributed by atoms with van der Waals surface area (Å²) in [4.78, 5) is 11.1. The molecule has 0 spiro atoms. The van der Waals surface area contributed by atoms with E-state index in [0.29, 0.717) is 13.1 Å². The van der Waals surface area contributed by atoms with Crippen LogP contribution in [0.25, 0.3) is 0 Å². The van der Waals surface area contributed by atoms with Gasteiger partial charge >= 0.3 is 5.97 Å². The van der Waals surface area contributed by atoms with E-state index in [0.717, 1.165) is 17.0 Å². The lowest BCUT2D eigenvalue weighted by Crippen LogP contribution is -2.27. The van der Waals surface area contributed by atoms with Gasteiger partial charge in [-0.3, -0.25) is 4.79 Å². The monoisotopic (exact) mass is 226 g/mol. The van der Waals surface area contributed by atoms with Crippen LogP contribution in [0.15, 0.2) is 4.52 Å². The average molecular weight is 226 g/mol. The fourth-order valence-electron chi connectivity index (χ4n) is 1.45. The summed E-state index contributed by atoms with van der Waals surface area (Å²) in [6, 6.07) is 0. The van der Waals surface area contributed by atoms with Crippen LogP contribution in [0.5, 0.6) is 0 Å². The summed E-state index contributed by atoms with van der Waals surface area (Å²) < 4.78 is 9.68. The minimum absolute atomic E-state index is 0.148. The summed E-state index contributed by atoms with van der Waals surface area (Å²) in [6.45, 7) is 6.84. The van der Waals surface area contributed by atoms with Crippen LogP contribution >= 0.6 is 0 Å². The molecule has 0 fully saturated rings. The van der Waals surface area contributed by atoms with Crippen molar-refractivity contribution in [1.29, 1.82) is 0 Å². The van der Waals surface area contributed by atoms with E-state index < -0.39 is 0 Å². The van der Waals surface area contributed by atoms with E-state index in [-0.39, 0.29) is 11.9 Å². The quantitative estimate of drug-likeness (QED) is 0.764. The summed E-state index contributed by atoms with van der Waals surface area (Å²) in [6.07, 6.45) is 0. The summed E-state index contributed by atoms with van der Waals surface area (Å²) >= 11 is 0. The number of ether oxygens (including phenoxy) is 1. The Morgan fingerprint density at radius 1 is 1.56 bits per heavy atom. The lowest BCUT2D eigenvalue weighted by atomic mass is 10.1. The van der Waals surface area contributed by atoms with Crippen LogP contribution in [0.4, 0.5) is 0 Å². The second-order valence-electron chi connectivity index (χ2n) is 3.86. The average Bonchev–Trinajstić information content (AvgIpc) is 2.59. The van der Waals surface area contributed by atoms with Crippen LogP contribution in [-0.4, -0.2) is 24.8 Å². The number of rotatable bonds is 5. The zero-order valence-electron chi connectivity index (χ0n) is 10.2. The van der Waals surface area contributed by atoms with Gasteiger partial charge in [0.15, 0.2) is 0 Å². The summed E-state index contributed by atoms with van der Waals surface area (Å²) in [5, 5.41) is 7.04. The Morgan fingerprint density at radius 2 is 2.25 bits per heavy atom. The highest BCUT2D eigenvalue weighted by Crippen LogP contribution is 2.11. The molecule has 0 bridgehead atoms. The molecule has 16 heavy (non-hydrogen) atoms. The van der Waals surface area contributed by atoms with Crippen molar-refractivity contribution in [2.24, 2.45) is 5.92 Å². The van der Waals surface area contributed by atoms with Crippen LogP contribution in [-0.2, 0) is 16.1 Å². The zero-order valence-corrected chi connectivity index (χ0v) is 10.2. The van der Waals surface area contributed by atoms with Gasteiger partial charge in [0, 0.05) is 18.7 Å². The normalized spacial score (nSPS) is 12.5. The molecule has 1 aromatic rings. The number of aryl methyl sites for hydroxylation is 2. The summed E-state index contributed by atoms with van der Waals surface area (Å²) in [5.74, 6) is 0.465. The number of aromatic nitrogens is 1. The first-order chi connectivity index (χ1) is 7.56. The molecule has 0 aliphatic rings. The van der Waals surface area contributed by atoms with E-state index in [4.69, 9.17) is 4.52 Å². The van der Waals surface area contributed by atoms with Crippen LogP contribution in [0.2, 0.25) is 0 Å². The molecule has 0 aliphatic heterocycles. The molecule has 5 heteroatoms. The highest BCUT2D eigenvalue weighted by molar-refractivity contribution is 5.72. The van der Waals surface area contributed by atoms with E-state index in [1.54, 1.807) is 0 Å². The van der Waals surface area contributed by atoms with E-state index in [2.05, 4.69) is 15.2 Å². The van der Waals surface area contributed by atoms with Gasteiger partial charge in [0.1, 0.15) is 5.76 Å². The summed E-state index contributed by atoms with van der Waals surface area (Å²) in [5.41, 5.74) is 1.94. The third kappa shape index (κ3) is 3.06. The number of carbonyl (C=O) groups is 1. The minimum Gasteiger partial charge on any atom is -0.469 e. The first-order valence-electron chi connectivity index (χ1n) is 5.26. The molecular weight excluding hydrogens is 208 g/mol. The molecule has 1 unspecified atom stereocenters. The van der Waals surface area contributed by atoms with Crippen LogP contribution < -0.4 is 5.32 Å². The van der Waals surface area contributed by atoms with E-state index in [1.807, 2.05) is 20.8 Å². The number of nitrogens with one attached hydrogen (secondary N) is 1. The Labute approximate surface area is 95.1 Å². The van der Waals surface area contributed by atoms with Gasteiger partial charge in [-0.1, -0.05) is 12.1 Å². The highest BCUT2D eigenvalue weighted by atomic mass is 16.5. The third-order valence-electron chi connectivity index (χ3n) is 2.54. The first kappa shape index (κ1) is 12.7. The Morgan fingerprint density at radius 3 is 2.75 bits per heavy atom. The van der Waals surface area contributed by atoms with Crippen molar-refractivity contribution in [1.82, 2.24) is 10.5 Å². The molecule has 0 radical (unpaired) electrons. The molecule has 5 nitrogen and oxygen atoms in total. The molecule has 1 atom stereocenters. The van der Waals surface area contributed by atoms with Crippen molar-refractivity contribution in [3.05, 3.63) is 17.0 Å². The number of hydrogen-bond acceptors (Lipinski definition) is 5. The molecule has 0 aliphatic carbocycles. The number of carbonyl (C=O) groups excluding carboxylic acids is 1. The highest BCUT2D eigenvalue weighted by Gasteiger charge is 2.13. The van der Waals surface area contributed by atoms with Crippen molar-refractivity contribution in [3.8, 4) is 0 Å². The molecule has 0 saturated heterocycles. The third-order valence-corrected chi connectivity index (χ3v) is 2.54. The molecule has 90 valence electrons. The molecular formula is C11H18N2O3. The molecule has 1 heterocycles. The number of methoxy groups -OCH3 is 1. The van der Waals surface area contributed by atoms with Gasteiger partial charge < -0.3 is 14.6 Å². The number of nitrogens with zero attached hydrogens (tertiary/aromatic N) is 1. The summed E-state index contributed by atoms with van der Waals surface area (Å²) in [7, 11) is 1.40. The Balaban J connectivity index is 2.39. The molecule has 0 aromatic carbocycles. The first-order valence-corrected chi connectivity index (χ1v) is 5.26. The smallest absolute Gasteiger partial charge is 0.309 e. The minimum atomic E-state index is -0.203. The van der Waals surface area contributed by atoms with E-state index in [1.165, 1.54) is 7.11 Å². The molecule has 1 N–H and O–H groups in total. The SMILES string of the molecule is COC(=O)C(C)CNCc1c(C)noc1C. The van der Waals surface area contributed by atoms with Gasteiger partial charge in [0.25, 0.3) is 0 Å². The number of esters is 1. The molecule has 1 rings (SSSR count). The molecule has 1 aromatic heterocycles. The van der Waals surface area contributed by atoms with Crippen molar-refractivity contribution < 1.29 is 14.1 Å². The lowest BCUT2D eigenvalue weighted by molar-refractivity contribution is -0.144. The second kappa shape index (κ2) is 5.65. The largest absolute Gasteiger partial charge is 0.469 e. The van der Waals surface area contributed by atoms with Gasteiger partial charge in [0.2, 0.25) is 0 Å². The zero-order chi connectivity index (χ0) is 12.1. The van der Waals surface area contributed by atoms with Crippen LogP contribution in [0, 0.1) is 19.8 Å². The fraction of sp³-hybridized carbons (Fsp3) is 0.636. The van der Waals surface area contributed by atoms with Gasteiger partial charge in [-0.15, -0.1) is 0 Å². The fourth-order valence-corrected chi connectivity index (χ4v) is 1.45. The molecule has 0 saturated carbocycles. The van der Waals surface area contributed by atoms with Gasteiger partial charge in [-0.05, 0) is 13.8 Å². The number of hydrogen-bond donors (Lipinski definition) is 1. The van der Waals surface area contributed by atoms with Crippen molar-refractivity contribution in [2.45, 2.75) is 27.3 Å².